The molecule has 1 aliphatic rings. The fraction of sp³-hybridized carbons (Fsp3) is 0.158. The number of carbonyl (C=O) groups excluding carboxylic acids is 2. The van der Waals surface area contributed by atoms with Crippen LogP contribution < -0.4 is 15.2 Å². The van der Waals surface area contributed by atoms with Gasteiger partial charge in [-0.1, -0.05) is 42.1 Å². The van der Waals surface area contributed by atoms with Gasteiger partial charge in [-0.3, -0.25) is 4.79 Å². The monoisotopic (exact) mass is 460 g/mol. The van der Waals surface area contributed by atoms with E-state index in [0.29, 0.717) is 12.4 Å². The summed E-state index contributed by atoms with van der Waals surface area (Å²) in [5.74, 6) is -0.987. The van der Waals surface area contributed by atoms with Gasteiger partial charge in [0.15, 0.2) is 5.17 Å². The van der Waals surface area contributed by atoms with Crippen molar-refractivity contribution < 1.29 is 19.4 Å². The zero-order valence-corrected chi connectivity index (χ0v) is 16.9. The number of carboxylic acid groups (broad SMARTS) is 1. The van der Waals surface area contributed by atoms with E-state index in [4.69, 9.17) is 4.74 Å². The van der Waals surface area contributed by atoms with Crippen molar-refractivity contribution in [2.75, 3.05) is 0 Å². The maximum absolute atomic E-state index is 11.6. The zero-order valence-electron chi connectivity index (χ0n) is 14.5. The van der Waals surface area contributed by atoms with Crippen LogP contribution in [-0.2, 0) is 16.2 Å². The van der Waals surface area contributed by atoms with Crippen LogP contribution in [0, 0.1) is 0 Å². The minimum Gasteiger partial charge on any atom is -0.550 e. The number of hydrogen-bond donors (Lipinski definition) is 1. The molecule has 0 radical (unpaired) electrons. The predicted octanol–water partition coefficient (Wildman–Crippen LogP) is 2.09. The molecule has 144 valence electrons. The van der Waals surface area contributed by atoms with E-state index in [-0.39, 0.29) is 11.6 Å². The lowest BCUT2D eigenvalue weighted by Crippen LogP contribution is -2.31. The van der Waals surface area contributed by atoms with E-state index in [1.165, 1.54) is 6.21 Å². The van der Waals surface area contributed by atoms with E-state index in [1.807, 2.05) is 48.5 Å². The topological polar surface area (TPSA) is 103 Å². The molecule has 0 saturated carbocycles. The van der Waals surface area contributed by atoms with Gasteiger partial charge in [-0.15, -0.1) is 5.10 Å². The van der Waals surface area contributed by atoms with Gasteiger partial charge in [-0.2, -0.15) is 5.10 Å². The van der Waals surface area contributed by atoms with Crippen LogP contribution in [0.1, 0.15) is 17.5 Å². The summed E-state index contributed by atoms with van der Waals surface area (Å²) in [6.45, 7) is 0.463. The maximum atomic E-state index is 11.6. The van der Waals surface area contributed by atoms with Gasteiger partial charge in [0.25, 0.3) is 0 Å². The molecule has 1 heterocycles. The third kappa shape index (κ3) is 5.67. The summed E-state index contributed by atoms with van der Waals surface area (Å²) in [4.78, 5) is 22.2. The van der Waals surface area contributed by atoms with Crippen molar-refractivity contribution in [1.29, 1.82) is 0 Å². The van der Waals surface area contributed by atoms with Crippen molar-refractivity contribution >= 4 is 51.0 Å². The average Bonchev–Trinajstić information content (AvgIpc) is 3.00. The van der Waals surface area contributed by atoms with Crippen LogP contribution >= 0.6 is 27.7 Å². The van der Waals surface area contributed by atoms with Crippen LogP contribution in [0.15, 0.2) is 63.2 Å². The molecule has 1 aliphatic heterocycles. The molecule has 2 aromatic carbocycles. The summed E-state index contributed by atoms with van der Waals surface area (Å²) < 4.78 is 6.57. The molecule has 1 atom stereocenters. The Morgan fingerprint density at radius 2 is 2.07 bits per heavy atom. The Morgan fingerprint density at radius 3 is 2.79 bits per heavy atom. The zero-order chi connectivity index (χ0) is 19.9. The number of nitrogens with zero attached hydrogens (tertiary/aromatic N) is 2. The van der Waals surface area contributed by atoms with Crippen LogP contribution in [0.4, 0.5) is 0 Å². The highest BCUT2D eigenvalue weighted by Crippen LogP contribution is 2.26. The molecule has 0 aromatic heterocycles. The summed E-state index contributed by atoms with van der Waals surface area (Å²) in [6, 6.07) is 15.3. The second-order valence-electron chi connectivity index (χ2n) is 5.79. The van der Waals surface area contributed by atoms with E-state index >= 15 is 0 Å². The van der Waals surface area contributed by atoms with E-state index in [2.05, 4.69) is 31.4 Å². The molecular formula is C19H15BrN3O4S-. The molecule has 0 aliphatic carbocycles. The van der Waals surface area contributed by atoms with Crippen molar-refractivity contribution in [2.24, 2.45) is 10.2 Å². The van der Waals surface area contributed by atoms with Gasteiger partial charge in [0.1, 0.15) is 12.4 Å². The lowest BCUT2D eigenvalue weighted by molar-refractivity contribution is -0.305. The summed E-state index contributed by atoms with van der Waals surface area (Å²) >= 11 is 4.49. The fourth-order valence-corrected chi connectivity index (χ4v) is 3.76. The second kappa shape index (κ2) is 9.52. The minimum absolute atomic E-state index is 0.259. The number of amidine groups is 1. The highest BCUT2D eigenvalue weighted by Gasteiger charge is 2.30. The Morgan fingerprint density at radius 1 is 1.29 bits per heavy atom. The molecule has 3 rings (SSSR count). The number of ether oxygens (including phenoxy) is 1. The lowest BCUT2D eigenvalue weighted by Gasteiger charge is -2.08. The SMILES string of the molecule is O=C([O-])CC1S/C(=N/N=C/c2ccc(OCc3ccccc3)c(Br)c2)NC1=O. The molecule has 1 N–H and O–H groups in total. The Hall–Kier alpha value is -2.65. The second-order valence-corrected chi connectivity index (χ2v) is 7.83. The van der Waals surface area contributed by atoms with Gasteiger partial charge < -0.3 is 20.0 Å². The molecule has 1 unspecified atom stereocenters. The normalized spacial score (nSPS) is 17.8. The maximum Gasteiger partial charge on any atom is 0.239 e. The Labute approximate surface area is 174 Å². The predicted molar refractivity (Wildman–Crippen MR) is 109 cm³/mol. The number of thioether (sulfide) groups is 1. The first-order valence-corrected chi connectivity index (χ1v) is 9.93. The first-order valence-electron chi connectivity index (χ1n) is 8.26. The van der Waals surface area contributed by atoms with Crippen LogP contribution in [0.2, 0.25) is 0 Å². The van der Waals surface area contributed by atoms with Crippen molar-refractivity contribution in [2.45, 2.75) is 18.3 Å². The molecule has 1 fully saturated rings. The Kier molecular flexibility index (Phi) is 6.83. The van der Waals surface area contributed by atoms with Crippen molar-refractivity contribution in [3.63, 3.8) is 0 Å². The number of carboxylic acids is 1. The lowest BCUT2D eigenvalue weighted by atomic mass is 10.2. The van der Waals surface area contributed by atoms with Crippen LogP contribution in [0.5, 0.6) is 5.75 Å². The number of benzene rings is 2. The van der Waals surface area contributed by atoms with E-state index in [9.17, 15) is 14.7 Å². The highest BCUT2D eigenvalue weighted by molar-refractivity contribution is 9.10. The summed E-state index contributed by atoms with van der Waals surface area (Å²) in [7, 11) is 0. The first kappa shape index (κ1) is 20.1. The number of aliphatic carboxylic acids is 1. The molecule has 0 spiro atoms. The van der Waals surface area contributed by atoms with Gasteiger partial charge in [0.05, 0.1) is 15.9 Å². The quantitative estimate of drug-likeness (QED) is 0.503. The Bertz CT molecular complexity index is 934. The van der Waals surface area contributed by atoms with Gasteiger partial charge in [0, 0.05) is 12.4 Å². The first-order chi connectivity index (χ1) is 13.5. The molecule has 0 bridgehead atoms. The molecule has 1 amide bonds. The molecule has 9 heteroatoms. The van der Waals surface area contributed by atoms with Gasteiger partial charge in [-0.25, -0.2) is 0 Å². The van der Waals surface area contributed by atoms with Crippen LogP contribution in [-0.4, -0.2) is 28.5 Å². The molecule has 1 saturated heterocycles. The van der Waals surface area contributed by atoms with E-state index < -0.39 is 17.1 Å². The molecule has 2 aromatic rings. The molecule has 7 nitrogen and oxygen atoms in total. The van der Waals surface area contributed by atoms with Crippen molar-refractivity contribution in [3.05, 3.63) is 64.1 Å². The highest BCUT2D eigenvalue weighted by atomic mass is 79.9. The van der Waals surface area contributed by atoms with E-state index in [0.717, 1.165) is 27.4 Å². The smallest absolute Gasteiger partial charge is 0.239 e. The van der Waals surface area contributed by atoms with E-state index in [1.54, 1.807) is 0 Å². The van der Waals surface area contributed by atoms with Gasteiger partial charge in [-0.05, 0) is 45.3 Å². The number of halogens is 1. The molecule has 28 heavy (non-hydrogen) atoms. The van der Waals surface area contributed by atoms with Crippen LogP contribution in [0.25, 0.3) is 0 Å². The van der Waals surface area contributed by atoms with Crippen molar-refractivity contribution in [1.82, 2.24) is 5.32 Å². The number of hydrogen-bond acceptors (Lipinski definition) is 7. The summed E-state index contributed by atoms with van der Waals surface area (Å²) in [5, 5.41) is 20.5. The minimum atomic E-state index is -1.28. The standard InChI is InChI=1S/C19H16BrN3O4S/c20-14-8-13(6-7-15(14)27-11-12-4-2-1-3-5-12)10-21-23-19-22-18(26)16(28-19)9-17(24)25/h1-8,10,16H,9,11H2,(H,24,25)(H,22,23,26)/p-1/b21-10+. The number of amides is 1. The largest absolute Gasteiger partial charge is 0.550 e. The third-order valence-corrected chi connectivity index (χ3v) is 5.37. The van der Waals surface area contributed by atoms with Gasteiger partial charge >= 0.3 is 0 Å². The number of carbonyl (C=O) groups is 2. The number of nitrogens with one attached hydrogen (secondary N) is 1. The average molecular weight is 461 g/mol. The van der Waals surface area contributed by atoms with Gasteiger partial charge in [0.2, 0.25) is 5.91 Å². The summed E-state index contributed by atoms with van der Waals surface area (Å²) in [6.07, 6.45) is 1.16. The van der Waals surface area contributed by atoms with Crippen molar-refractivity contribution in [3.8, 4) is 5.75 Å². The Balaban J connectivity index is 1.58. The van der Waals surface area contributed by atoms with Crippen LogP contribution in [0.3, 0.4) is 0 Å². The third-order valence-electron chi connectivity index (χ3n) is 3.68. The fourth-order valence-electron chi connectivity index (χ4n) is 2.34. The molecular weight excluding hydrogens is 446 g/mol. The number of rotatable bonds is 7. The summed E-state index contributed by atoms with van der Waals surface area (Å²) in [5.41, 5.74) is 1.85.